The summed E-state index contributed by atoms with van der Waals surface area (Å²) in [7, 11) is 0. The highest BCUT2D eigenvalue weighted by Crippen LogP contribution is 2.27. The molecule has 0 saturated heterocycles. The van der Waals surface area contributed by atoms with Crippen molar-refractivity contribution in [2.24, 2.45) is 5.92 Å². The second-order valence-electron chi connectivity index (χ2n) is 4.74. The molecule has 0 aliphatic heterocycles. The number of hydrogen-bond donors (Lipinski definition) is 1. The van der Waals surface area contributed by atoms with Crippen LogP contribution < -0.4 is 5.32 Å². The van der Waals surface area contributed by atoms with Crippen LogP contribution in [0.5, 0.6) is 0 Å². The van der Waals surface area contributed by atoms with E-state index in [0.717, 1.165) is 25.2 Å². The van der Waals surface area contributed by atoms with Crippen LogP contribution in [0.15, 0.2) is 12.1 Å². The molecule has 0 atom stereocenters. The number of nitrogens with zero attached hydrogens (tertiary/aromatic N) is 5. The van der Waals surface area contributed by atoms with E-state index < -0.39 is 0 Å². The molecular formula is C11H15ClN6. The molecule has 1 aliphatic carbocycles. The smallest absolute Gasteiger partial charge is 0.200 e. The second kappa shape index (κ2) is 5.06. The summed E-state index contributed by atoms with van der Waals surface area (Å²) >= 11 is 6.09. The maximum atomic E-state index is 6.09. The van der Waals surface area contributed by atoms with E-state index in [1.807, 2.05) is 12.1 Å². The molecule has 96 valence electrons. The molecule has 1 fully saturated rings. The van der Waals surface area contributed by atoms with Crippen LogP contribution in [0.25, 0.3) is 5.65 Å². The van der Waals surface area contributed by atoms with Crippen LogP contribution in [0.1, 0.15) is 25.7 Å². The number of tetrazole rings is 1. The van der Waals surface area contributed by atoms with Gasteiger partial charge in [-0.2, -0.15) is 0 Å². The van der Waals surface area contributed by atoms with E-state index in [2.05, 4.69) is 25.9 Å². The van der Waals surface area contributed by atoms with Gasteiger partial charge in [-0.05, 0) is 54.2 Å². The lowest BCUT2D eigenvalue weighted by Crippen LogP contribution is -2.21. The average Bonchev–Trinajstić information content (AvgIpc) is 2.85. The first-order chi connectivity index (χ1) is 8.81. The van der Waals surface area contributed by atoms with Crippen molar-refractivity contribution in [2.45, 2.75) is 31.1 Å². The van der Waals surface area contributed by atoms with Crippen molar-refractivity contribution in [3.63, 3.8) is 0 Å². The Bertz CT molecular complexity index is 519. The van der Waals surface area contributed by atoms with Gasteiger partial charge in [-0.15, -0.1) is 26.4 Å². The molecule has 0 amide bonds. The highest BCUT2D eigenvalue weighted by atomic mass is 35.5. The first-order valence-electron chi connectivity index (χ1n) is 6.24. The zero-order valence-electron chi connectivity index (χ0n) is 9.96. The maximum absolute atomic E-state index is 6.09. The summed E-state index contributed by atoms with van der Waals surface area (Å²) in [6.07, 6.45) is 4.61. The van der Waals surface area contributed by atoms with Gasteiger partial charge in [0.15, 0.2) is 5.65 Å². The Hall–Kier alpha value is -1.43. The fourth-order valence-electron chi connectivity index (χ4n) is 2.32. The van der Waals surface area contributed by atoms with Gasteiger partial charge in [0, 0.05) is 11.9 Å². The van der Waals surface area contributed by atoms with Crippen LogP contribution in [-0.4, -0.2) is 37.2 Å². The highest BCUT2D eigenvalue weighted by molar-refractivity contribution is 6.20. The molecule has 0 spiro atoms. The van der Waals surface area contributed by atoms with Gasteiger partial charge in [-0.25, -0.2) is 0 Å². The van der Waals surface area contributed by atoms with Crippen molar-refractivity contribution in [3.05, 3.63) is 12.1 Å². The average molecular weight is 267 g/mol. The van der Waals surface area contributed by atoms with Crippen molar-refractivity contribution >= 4 is 23.1 Å². The van der Waals surface area contributed by atoms with Crippen LogP contribution in [0, 0.1) is 5.92 Å². The molecule has 2 aromatic rings. The number of anilines is 1. The van der Waals surface area contributed by atoms with E-state index in [9.17, 15) is 0 Å². The lowest BCUT2D eigenvalue weighted by molar-refractivity contribution is 0.377. The Kier molecular flexibility index (Phi) is 3.27. The zero-order valence-corrected chi connectivity index (χ0v) is 10.7. The van der Waals surface area contributed by atoms with Gasteiger partial charge < -0.3 is 5.32 Å². The number of hydrogen-bond acceptors (Lipinski definition) is 5. The minimum Gasteiger partial charge on any atom is -0.368 e. The van der Waals surface area contributed by atoms with Gasteiger partial charge in [0.1, 0.15) is 5.82 Å². The third kappa shape index (κ3) is 2.53. The van der Waals surface area contributed by atoms with Gasteiger partial charge in [0.05, 0.1) is 0 Å². The van der Waals surface area contributed by atoms with Crippen LogP contribution in [0.4, 0.5) is 5.82 Å². The summed E-state index contributed by atoms with van der Waals surface area (Å²) in [5.74, 6) is 1.49. The van der Waals surface area contributed by atoms with Gasteiger partial charge in [0.25, 0.3) is 0 Å². The molecule has 0 aromatic carbocycles. The molecular weight excluding hydrogens is 252 g/mol. The molecule has 1 aliphatic rings. The number of aromatic nitrogens is 5. The monoisotopic (exact) mass is 266 g/mol. The van der Waals surface area contributed by atoms with Crippen molar-refractivity contribution < 1.29 is 0 Å². The standard InChI is InChI=1S/C11H15ClN6/c12-9-3-1-8(2-4-9)7-13-10-5-6-11-14-16-17-18(11)15-10/h5-6,8-9H,1-4,7H2,(H,13,15). The largest absolute Gasteiger partial charge is 0.368 e. The Balaban J connectivity index is 1.59. The Morgan fingerprint density at radius 1 is 1.28 bits per heavy atom. The first-order valence-corrected chi connectivity index (χ1v) is 6.68. The molecule has 1 saturated carbocycles. The maximum Gasteiger partial charge on any atom is 0.200 e. The zero-order chi connectivity index (χ0) is 12.4. The second-order valence-corrected chi connectivity index (χ2v) is 5.36. The number of alkyl halides is 1. The molecule has 18 heavy (non-hydrogen) atoms. The molecule has 2 heterocycles. The molecule has 0 radical (unpaired) electrons. The minimum absolute atomic E-state index is 0.372. The van der Waals surface area contributed by atoms with Crippen LogP contribution in [0.2, 0.25) is 0 Å². The van der Waals surface area contributed by atoms with E-state index in [0.29, 0.717) is 16.9 Å². The summed E-state index contributed by atoms with van der Waals surface area (Å²) in [6, 6.07) is 3.75. The third-order valence-electron chi connectivity index (χ3n) is 3.42. The lowest BCUT2D eigenvalue weighted by Gasteiger charge is -2.25. The van der Waals surface area contributed by atoms with Crippen LogP contribution in [-0.2, 0) is 0 Å². The first kappa shape index (κ1) is 11.6. The van der Waals surface area contributed by atoms with Crippen molar-refractivity contribution in [2.75, 3.05) is 11.9 Å². The van der Waals surface area contributed by atoms with Crippen LogP contribution in [0.3, 0.4) is 0 Å². The molecule has 6 nitrogen and oxygen atoms in total. The Labute approximate surface area is 110 Å². The SMILES string of the molecule is ClC1CCC(CNc2ccc3nnnn3n2)CC1. The van der Waals surface area contributed by atoms with Crippen molar-refractivity contribution in [1.29, 1.82) is 0 Å². The van der Waals surface area contributed by atoms with Crippen molar-refractivity contribution in [1.82, 2.24) is 25.3 Å². The highest BCUT2D eigenvalue weighted by Gasteiger charge is 2.19. The van der Waals surface area contributed by atoms with E-state index in [-0.39, 0.29) is 0 Å². The summed E-state index contributed by atoms with van der Waals surface area (Å²) in [4.78, 5) is 0. The summed E-state index contributed by atoms with van der Waals surface area (Å²) in [6.45, 7) is 0.935. The predicted octanol–water partition coefficient (Wildman–Crippen LogP) is 1.73. The summed E-state index contributed by atoms with van der Waals surface area (Å²) in [5.41, 5.74) is 0.656. The number of fused-ring (bicyclic) bond motifs is 1. The van der Waals surface area contributed by atoms with Crippen molar-refractivity contribution in [3.8, 4) is 0 Å². The van der Waals surface area contributed by atoms with Crippen LogP contribution >= 0.6 is 11.6 Å². The van der Waals surface area contributed by atoms with Gasteiger partial charge in [-0.1, -0.05) is 0 Å². The van der Waals surface area contributed by atoms with E-state index >= 15 is 0 Å². The lowest BCUT2D eigenvalue weighted by atomic mass is 9.89. The third-order valence-corrected chi connectivity index (χ3v) is 3.85. The fourth-order valence-corrected chi connectivity index (χ4v) is 2.57. The van der Waals surface area contributed by atoms with E-state index in [4.69, 9.17) is 11.6 Å². The summed E-state index contributed by atoms with van der Waals surface area (Å²) in [5, 5.41) is 19.1. The molecule has 2 aromatic heterocycles. The summed E-state index contributed by atoms with van der Waals surface area (Å²) < 4.78 is 1.43. The molecule has 0 bridgehead atoms. The molecule has 0 unspecified atom stereocenters. The number of nitrogens with one attached hydrogen (secondary N) is 1. The number of rotatable bonds is 3. The van der Waals surface area contributed by atoms with Gasteiger partial charge >= 0.3 is 0 Å². The van der Waals surface area contributed by atoms with Gasteiger partial charge in [-0.3, -0.25) is 0 Å². The number of halogens is 1. The Morgan fingerprint density at radius 2 is 2.11 bits per heavy atom. The topological polar surface area (TPSA) is 68.0 Å². The quantitative estimate of drug-likeness (QED) is 0.857. The normalized spacial score (nSPS) is 24.3. The van der Waals surface area contributed by atoms with E-state index in [1.165, 1.54) is 17.5 Å². The Morgan fingerprint density at radius 3 is 2.94 bits per heavy atom. The molecule has 3 rings (SSSR count). The minimum atomic E-state index is 0.372. The van der Waals surface area contributed by atoms with E-state index in [1.54, 1.807) is 0 Å². The van der Waals surface area contributed by atoms with Gasteiger partial charge in [0.2, 0.25) is 0 Å². The fraction of sp³-hybridized carbons (Fsp3) is 0.636. The molecule has 7 heteroatoms. The predicted molar refractivity (Wildman–Crippen MR) is 68.7 cm³/mol. The molecule has 1 N–H and O–H groups in total.